The number of halogens is 1. The minimum Gasteiger partial charge on any atom is -0.482 e. The molecular formula is C17H21ClN2O4. The molecule has 1 saturated heterocycles. The molecule has 6 nitrogen and oxygen atoms in total. The van der Waals surface area contributed by atoms with Gasteiger partial charge in [-0.05, 0) is 30.7 Å². The quantitative estimate of drug-likeness (QED) is 0.612. The molecule has 0 radical (unpaired) electrons. The number of benzene rings is 1. The van der Waals surface area contributed by atoms with Crippen LogP contribution in [0.15, 0.2) is 18.2 Å². The number of nitro benzene ring substituents is 1. The summed E-state index contributed by atoms with van der Waals surface area (Å²) in [6.45, 7) is 1.52. The molecule has 24 heavy (non-hydrogen) atoms. The predicted octanol–water partition coefficient (Wildman–Crippen LogP) is 3.67. The Morgan fingerprint density at radius 2 is 2.04 bits per heavy atom. The van der Waals surface area contributed by atoms with E-state index in [2.05, 4.69) is 0 Å². The first-order valence-corrected chi connectivity index (χ1v) is 8.77. The summed E-state index contributed by atoms with van der Waals surface area (Å²) >= 11 is 5.98. The Morgan fingerprint density at radius 3 is 2.75 bits per heavy atom. The molecule has 3 rings (SSSR count). The molecular weight excluding hydrogens is 332 g/mol. The van der Waals surface area contributed by atoms with Crippen LogP contribution >= 0.6 is 11.6 Å². The molecule has 0 unspecified atom stereocenters. The fourth-order valence-corrected chi connectivity index (χ4v) is 4.01. The van der Waals surface area contributed by atoms with Crippen molar-refractivity contribution in [2.45, 2.75) is 32.1 Å². The summed E-state index contributed by atoms with van der Waals surface area (Å²) in [5, 5.41) is 10.8. The topological polar surface area (TPSA) is 72.7 Å². The number of likely N-dealkylation sites (tertiary alicyclic amines) is 1. The van der Waals surface area contributed by atoms with Crippen molar-refractivity contribution in [1.29, 1.82) is 0 Å². The van der Waals surface area contributed by atoms with E-state index in [0.29, 0.717) is 11.7 Å². The number of piperidine rings is 1. The number of carbonyl (C=O) groups excluding carboxylic acids is 1. The van der Waals surface area contributed by atoms with Gasteiger partial charge in [-0.2, -0.15) is 0 Å². The number of nitro groups is 1. The summed E-state index contributed by atoms with van der Waals surface area (Å²) in [5.74, 6) is 1.64. The van der Waals surface area contributed by atoms with E-state index in [1.54, 1.807) is 0 Å². The summed E-state index contributed by atoms with van der Waals surface area (Å²) in [6, 6.07) is 3.98. The van der Waals surface area contributed by atoms with E-state index in [4.69, 9.17) is 16.3 Å². The van der Waals surface area contributed by atoms with Crippen LogP contribution in [0.2, 0.25) is 5.02 Å². The van der Waals surface area contributed by atoms with Gasteiger partial charge >= 0.3 is 0 Å². The predicted molar refractivity (Wildman–Crippen MR) is 90.2 cm³/mol. The van der Waals surface area contributed by atoms with Gasteiger partial charge < -0.3 is 9.64 Å². The highest BCUT2D eigenvalue weighted by Crippen LogP contribution is 2.36. The average Bonchev–Trinajstić information content (AvgIpc) is 2.59. The van der Waals surface area contributed by atoms with E-state index in [1.165, 1.54) is 43.9 Å². The number of nitrogens with zero attached hydrogens (tertiary/aromatic N) is 2. The van der Waals surface area contributed by atoms with Gasteiger partial charge in [0.1, 0.15) is 5.75 Å². The SMILES string of the molecule is O=C(COc1ccc([N+](=O)[O-])cc1Cl)N1CC[C@H]2CCCC[C@H]2C1. The average molecular weight is 353 g/mol. The van der Waals surface area contributed by atoms with E-state index in [0.717, 1.165) is 25.4 Å². The molecule has 2 atom stereocenters. The van der Waals surface area contributed by atoms with E-state index < -0.39 is 4.92 Å². The lowest BCUT2D eigenvalue weighted by molar-refractivity contribution is -0.384. The van der Waals surface area contributed by atoms with Crippen LogP contribution in [0.5, 0.6) is 5.75 Å². The summed E-state index contributed by atoms with van der Waals surface area (Å²) in [7, 11) is 0. The zero-order chi connectivity index (χ0) is 17.1. The van der Waals surface area contributed by atoms with Crippen molar-refractivity contribution in [2.24, 2.45) is 11.8 Å². The minimum absolute atomic E-state index is 0.0477. The summed E-state index contributed by atoms with van der Waals surface area (Å²) < 4.78 is 5.48. The number of fused-ring (bicyclic) bond motifs is 1. The van der Waals surface area contributed by atoms with E-state index in [1.807, 2.05) is 4.90 Å². The summed E-state index contributed by atoms with van der Waals surface area (Å²) in [5.41, 5.74) is -0.0990. The number of hydrogen-bond acceptors (Lipinski definition) is 4. The molecule has 1 heterocycles. The van der Waals surface area contributed by atoms with Crippen molar-refractivity contribution >= 4 is 23.2 Å². The van der Waals surface area contributed by atoms with Gasteiger partial charge in [0.25, 0.3) is 11.6 Å². The van der Waals surface area contributed by atoms with Gasteiger partial charge in [-0.1, -0.05) is 30.9 Å². The molecule has 0 aromatic heterocycles. The second-order valence-corrected chi connectivity index (χ2v) is 7.00. The lowest BCUT2D eigenvalue weighted by Crippen LogP contribution is -2.46. The van der Waals surface area contributed by atoms with Gasteiger partial charge in [0.15, 0.2) is 6.61 Å². The first kappa shape index (κ1) is 17.0. The fraction of sp³-hybridized carbons (Fsp3) is 0.588. The standard InChI is InChI=1S/C17H21ClN2O4/c18-15-9-14(20(22)23)5-6-16(15)24-11-17(21)19-8-7-12-3-1-2-4-13(12)10-19/h5-6,9,12-13H,1-4,7-8,10-11H2/t12-,13+/m1/s1. The van der Waals surface area contributed by atoms with Crippen LogP contribution in [0, 0.1) is 22.0 Å². The second kappa shape index (κ2) is 7.38. The van der Waals surface area contributed by atoms with Crippen LogP contribution in [0.4, 0.5) is 5.69 Å². The van der Waals surface area contributed by atoms with Crippen molar-refractivity contribution in [1.82, 2.24) is 4.90 Å². The molecule has 1 aromatic carbocycles. The van der Waals surface area contributed by atoms with Crippen LogP contribution in [0.1, 0.15) is 32.1 Å². The van der Waals surface area contributed by atoms with Gasteiger partial charge in [0.05, 0.1) is 9.95 Å². The molecule has 0 spiro atoms. The number of non-ortho nitro benzene ring substituents is 1. The molecule has 1 aliphatic carbocycles. The molecule has 2 aliphatic rings. The molecule has 0 N–H and O–H groups in total. The third-order valence-electron chi connectivity index (χ3n) is 5.12. The zero-order valence-corrected chi connectivity index (χ0v) is 14.2. The Morgan fingerprint density at radius 1 is 1.29 bits per heavy atom. The summed E-state index contributed by atoms with van der Waals surface area (Å²) in [4.78, 5) is 24.4. The third kappa shape index (κ3) is 3.80. The van der Waals surface area contributed by atoms with Gasteiger partial charge in [0, 0.05) is 25.2 Å². The normalized spacial score (nSPS) is 23.5. The largest absolute Gasteiger partial charge is 0.482 e. The van der Waals surface area contributed by atoms with Crippen molar-refractivity contribution in [3.8, 4) is 5.75 Å². The fourth-order valence-electron chi connectivity index (χ4n) is 3.78. The minimum atomic E-state index is -0.519. The van der Waals surface area contributed by atoms with E-state index in [9.17, 15) is 14.9 Å². The van der Waals surface area contributed by atoms with Gasteiger partial charge in [-0.15, -0.1) is 0 Å². The molecule has 1 amide bonds. The third-order valence-corrected chi connectivity index (χ3v) is 5.42. The van der Waals surface area contributed by atoms with Gasteiger partial charge in [-0.3, -0.25) is 14.9 Å². The molecule has 7 heteroatoms. The lowest BCUT2D eigenvalue weighted by Gasteiger charge is -2.41. The van der Waals surface area contributed by atoms with Crippen LogP contribution < -0.4 is 4.74 Å². The number of amides is 1. The maximum absolute atomic E-state index is 12.4. The van der Waals surface area contributed by atoms with E-state index >= 15 is 0 Å². The number of carbonyl (C=O) groups is 1. The molecule has 1 aliphatic heterocycles. The van der Waals surface area contributed by atoms with Crippen LogP contribution in [0.3, 0.4) is 0 Å². The monoisotopic (exact) mass is 352 g/mol. The Hall–Kier alpha value is -1.82. The maximum atomic E-state index is 12.4. The smallest absolute Gasteiger partial charge is 0.271 e. The first-order chi connectivity index (χ1) is 11.5. The number of ether oxygens (including phenoxy) is 1. The lowest BCUT2D eigenvalue weighted by atomic mass is 9.75. The molecule has 1 aromatic rings. The molecule has 2 fully saturated rings. The second-order valence-electron chi connectivity index (χ2n) is 6.59. The Bertz CT molecular complexity index is 637. The van der Waals surface area contributed by atoms with Crippen LogP contribution in [0.25, 0.3) is 0 Å². The van der Waals surface area contributed by atoms with Crippen molar-refractivity contribution in [3.05, 3.63) is 33.3 Å². The van der Waals surface area contributed by atoms with Gasteiger partial charge in [-0.25, -0.2) is 0 Å². The maximum Gasteiger partial charge on any atom is 0.271 e. The van der Waals surface area contributed by atoms with E-state index in [-0.39, 0.29) is 23.2 Å². The Labute approximate surface area is 145 Å². The number of rotatable bonds is 4. The van der Waals surface area contributed by atoms with Crippen LogP contribution in [-0.4, -0.2) is 35.4 Å². The molecule has 0 bridgehead atoms. The highest BCUT2D eigenvalue weighted by Gasteiger charge is 2.32. The summed E-state index contributed by atoms with van der Waals surface area (Å²) in [6.07, 6.45) is 6.16. The van der Waals surface area contributed by atoms with Crippen molar-refractivity contribution in [2.75, 3.05) is 19.7 Å². The van der Waals surface area contributed by atoms with Crippen molar-refractivity contribution < 1.29 is 14.5 Å². The van der Waals surface area contributed by atoms with Gasteiger partial charge in [0.2, 0.25) is 0 Å². The Balaban J connectivity index is 1.55. The molecule has 1 saturated carbocycles. The van der Waals surface area contributed by atoms with Crippen molar-refractivity contribution in [3.63, 3.8) is 0 Å². The zero-order valence-electron chi connectivity index (χ0n) is 13.4. The highest BCUT2D eigenvalue weighted by atomic mass is 35.5. The number of hydrogen-bond donors (Lipinski definition) is 0. The Kier molecular flexibility index (Phi) is 5.23. The molecule has 130 valence electrons. The highest BCUT2D eigenvalue weighted by molar-refractivity contribution is 6.32. The first-order valence-electron chi connectivity index (χ1n) is 8.39. The van der Waals surface area contributed by atoms with Crippen LogP contribution in [-0.2, 0) is 4.79 Å².